The fourth-order valence-corrected chi connectivity index (χ4v) is 0.762. The Kier molecular flexibility index (Phi) is 3.39. The van der Waals surface area contributed by atoms with Gasteiger partial charge in [-0.05, 0) is 24.3 Å². The summed E-state index contributed by atoms with van der Waals surface area (Å²) in [6, 6.07) is 6.35. The van der Waals surface area contributed by atoms with Gasteiger partial charge < -0.3 is 15.2 Å². The summed E-state index contributed by atoms with van der Waals surface area (Å²) >= 11 is 0. The number of carbonyl (C=O) groups excluding carboxylic acids is 1. The third kappa shape index (κ3) is 3.07. The molecule has 0 unspecified atom stereocenters. The Balaban J connectivity index is 2.49. The summed E-state index contributed by atoms with van der Waals surface area (Å²) in [6.45, 7) is -0.103. The van der Waals surface area contributed by atoms with Gasteiger partial charge in [-0.3, -0.25) is 0 Å². The van der Waals surface area contributed by atoms with Crippen LogP contribution in [0.2, 0.25) is 0 Å². The zero-order valence-corrected chi connectivity index (χ0v) is 7.40. The predicted octanol–water partition coefficient (Wildman–Crippen LogP) is 1.42. The van der Waals surface area contributed by atoms with Gasteiger partial charge in [0.1, 0.15) is 5.75 Å². The van der Waals surface area contributed by atoms with Crippen LogP contribution < -0.4 is 10.5 Å². The predicted molar refractivity (Wildman–Crippen MR) is 51.7 cm³/mol. The van der Waals surface area contributed by atoms with Crippen molar-refractivity contribution in [2.75, 3.05) is 12.3 Å². The monoisotopic (exact) mass is 191 g/mol. The van der Waals surface area contributed by atoms with Crippen molar-refractivity contribution in [3.63, 3.8) is 0 Å². The van der Waals surface area contributed by atoms with Crippen LogP contribution >= 0.6 is 0 Å². The minimum atomic E-state index is -0.826. The number of benzene rings is 1. The highest BCUT2D eigenvalue weighted by Crippen LogP contribution is 2.13. The molecule has 72 valence electrons. The second-order valence-electron chi connectivity index (χ2n) is 2.41. The van der Waals surface area contributed by atoms with Gasteiger partial charge in [0.2, 0.25) is 0 Å². The molecule has 0 saturated heterocycles. The van der Waals surface area contributed by atoms with Crippen molar-refractivity contribution in [3.8, 4) is 18.1 Å². The summed E-state index contributed by atoms with van der Waals surface area (Å²) in [4.78, 5) is 10.9. The molecule has 0 atom stereocenters. The molecule has 0 aromatic heterocycles. The fraction of sp³-hybridized carbons (Fsp3) is 0.100. The lowest BCUT2D eigenvalue weighted by Crippen LogP contribution is -2.10. The molecular weight excluding hydrogens is 182 g/mol. The third-order valence-electron chi connectivity index (χ3n) is 1.35. The third-order valence-corrected chi connectivity index (χ3v) is 1.35. The number of ether oxygens (including phenoxy) is 2. The number of hydrogen-bond acceptors (Lipinski definition) is 4. The van der Waals surface area contributed by atoms with Gasteiger partial charge in [0.15, 0.2) is 6.61 Å². The second-order valence-corrected chi connectivity index (χ2v) is 2.41. The maximum atomic E-state index is 10.9. The van der Waals surface area contributed by atoms with Gasteiger partial charge in [-0.2, -0.15) is 0 Å². The van der Waals surface area contributed by atoms with Crippen molar-refractivity contribution in [3.05, 3.63) is 24.3 Å². The number of nitrogen functional groups attached to an aromatic ring is 1. The number of rotatable bonds is 2. The first-order valence-corrected chi connectivity index (χ1v) is 3.86. The Labute approximate surface area is 81.6 Å². The van der Waals surface area contributed by atoms with E-state index in [1.807, 2.05) is 0 Å². The summed E-state index contributed by atoms with van der Waals surface area (Å²) in [7, 11) is 0. The number of terminal acetylenes is 1. The van der Waals surface area contributed by atoms with Crippen molar-refractivity contribution in [2.45, 2.75) is 0 Å². The molecule has 0 bridgehead atoms. The average Bonchev–Trinajstić information content (AvgIpc) is 2.18. The minimum Gasteiger partial charge on any atom is -0.421 e. The van der Waals surface area contributed by atoms with Crippen molar-refractivity contribution in [1.82, 2.24) is 0 Å². The van der Waals surface area contributed by atoms with Gasteiger partial charge in [-0.15, -0.1) is 6.42 Å². The Morgan fingerprint density at radius 3 is 2.64 bits per heavy atom. The van der Waals surface area contributed by atoms with Crippen LogP contribution in [0, 0.1) is 12.3 Å². The zero-order valence-electron chi connectivity index (χ0n) is 7.40. The van der Waals surface area contributed by atoms with Crippen molar-refractivity contribution >= 4 is 11.8 Å². The van der Waals surface area contributed by atoms with Gasteiger partial charge in [0.05, 0.1) is 0 Å². The molecule has 0 amide bonds. The maximum Gasteiger partial charge on any atom is 0.514 e. The van der Waals surface area contributed by atoms with Crippen LogP contribution in [-0.4, -0.2) is 12.8 Å². The number of nitrogens with two attached hydrogens (primary N) is 1. The van der Waals surface area contributed by atoms with Crippen LogP contribution in [0.4, 0.5) is 10.5 Å². The average molecular weight is 191 g/mol. The van der Waals surface area contributed by atoms with E-state index in [2.05, 4.69) is 10.7 Å². The molecule has 4 nitrogen and oxygen atoms in total. The lowest BCUT2D eigenvalue weighted by Gasteiger charge is -2.03. The molecule has 0 saturated carbocycles. The second kappa shape index (κ2) is 4.77. The molecular formula is C10H9NO3. The zero-order chi connectivity index (χ0) is 10.4. The van der Waals surface area contributed by atoms with E-state index in [0.29, 0.717) is 11.4 Å². The Bertz CT molecular complexity index is 351. The molecule has 0 fully saturated rings. The van der Waals surface area contributed by atoms with E-state index in [9.17, 15) is 4.79 Å². The van der Waals surface area contributed by atoms with Crippen LogP contribution in [-0.2, 0) is 4.74 Å². The number of carbonyl (C=O) groups is 1. The van der Waals surface area contributed by atoms with Crippen molar-refractivity contribution in [1.29, 1.82) is 0 Å². The van der Waals surface area contributed by atoms with Crippen LogP contribution in [0.15, 0.2) is 24.3 Å². The molecule has 2 N–H and O–H groups in total. The molecule has 0 aliphatic rings. The first-order valence-electron chi connectivity index (χ1n) is 3.86. The Morgan fingerprint density at radius 2 is 2.07 bits per heavy atom. The largest absolute Gasteiger partial charge is 0.514 e. The minimum absolute atomic E-state index is 0.103. The first kappa shape index (κ1) is 9.93. The Morgan fingerprint density at radius 1 is 1.43 bits per heavy atom. The summed E-state index contributed by atoms with van der Waals surface area (Å²) in [5.74, 6) is 2.51. The maximum absolute atomic E-state index is 10.9. The summed E-state index contributed by atoms with van der Waals surface area (Å²) in [5, 5.41) is 0. The van der Waals surface area contributed by atoms with E-state index < -0.39 is 6.16 Å². The first-order chi connectivity index (χ1) is 6.72. The summed E-state index contributed by atoms with van der Waals surface area (Å²) in [5.41, 5.74) is 6.03. The van der Waals surface area contributed by atoms with Crippen LogP contribution in [0.3, 0.4) is 0 Å². The molecule has 4 heteroatoms. The number of hydrogen-bond donors (Lipinski definition) is 1. The van der Waals surface area contributed by atoms with Crippen LogP contribution in [0.25, 0.3) is 0 Å². The lowest BCUT2D eigenvalue weighted by molar-refractivity contribution is 0.111. The highest BCUT2D eigenvalue weighted by molar-refractivity contribution is 5.64. The fourth-order valence-electron chi connectivity index (χ4n) is 0.762. The highest BCUT2D eigenvalue weighted by Gasteiger charge is 2.03. The molecule has 0 radical (unpaired) electrons. The highest BCUT2D eigenvalue weighted by atomic mass is 16.7. The molecule has 1 aromatic rings. The summed E-state index contributed by atoms with van der Waals surface area (Å²) in [6.07, 6.45) is 4.06. The van der Waals surface area contributed by atoms with E-state index in [4.69, 9.17) is 16.9 Å². The molecule has 1 aromatic carbocycles. The summed E-state index contributed by atoms with van der Waals surface area (Å²) < 4.78 is 9.26. The molecule has 14 heavy (non-hydrogen) atoms. The smallest absolute Gasteiger partial charge is 0.421 e. The molecule has 1 rings (SSSR count). The van der Waals surface area contributed by atoms with Crippen LogP contribution in [0.5, 0.6) is 5.75 Å². The van der Waals surface area contributed by atoms with Gasteiger partial charge in [-0.25, -0.2) is 4.79 Å². The standard InChI is InChI=1S/C10H9NO3/c1-2-7-13-10(12)14-9-5-3-8(11)4-6-9/h1,3-6H,7,11H2. The molecule has 0 spiro atoms. The van der Waals surface area contributed by atoms with E-state index in [1.54, 1.807) is 24.3 Å². The lowest BCUT2D eigenvalue weighted by atomic mass is 10.3. The van der Waals surface area contributed by atoms with Crippen molar-refractivity contribution in [2.24, 2.45) is 0 Å². The van der Waals surface area contributed by atoms with Gasteiger partial charge >= 0.3 is 6.16 Å². The topological polar surface area (TPSA) is 61.5 Å². The number of anilines is 1. The normalized spacial score (nSPS) is 8.79. The SMILES string of the molecule is C#CCOC(=O)Oc1ccc(N)cc1. The Hall–Kier alpha value is -2.15. The molecule has 0 heterocycles. The van der Waals surface area contributed by atoms with Gasteiger partial charge in [-0.1, -0.05) is 5.92 Å². The quantitative estimate of drug-likeness (QED) is 0.332. The van der Waals surface area contributed by atoms with Gasteiger partial charge in [0.25, 0.3) is 0 Å². The van der Waals surface area contributed by atoms with Crippen LogP contribution in [0.1, 0.15) is 0 Å². The van der Waals surface area contributed by atoms with E-state index in [0.717, 1.165) is 0 Å². The molecule has 0 aliphatic carbocycles. The molecule has 0 aliphatic heterocycles. The van der Waals surface area contributed by atoms with E-state index in [1.165, 1.54) is 0 Å². The van der Waals surface area contributed by atoms with E-state index in [-0.39, 0.29) is 6.61 Å². The van der Waals surface area contributed by atoms with Gasteiger partial charge in [0, 0.05) is 5.69 Å². The van der Waals surface area contributed by atoms with Crippen molar-refractivity contribution < 1.29 is 14.3 Å². The van der Waals surface area contributed by atoms with E-state index >= 15 is 0 Å².